The van der Waals surface area contributed by atoms with Gasteiger partial charge in [0.1, 0.15) is 0 Å². The van der Waals surface area contributed by atoms with E-state index >= 15 is 0 Å². The van der Waals surface area contributed by atoms with Crippen molar-refractivity contribution in [1.82, 2.24) is 5.32 Å². The van der Waals surface area contributed by atoms with Crippen molar-refractivity contribution in [3.63, 3.8) is 0 Å². The Morgan fingerprint density at radius 3 is 2.59 bits per heavy atom. The molecule has 0 radical (unpaired) electrons. The van der Waals surface area contributed by atoms with Crippen molar-refractivity contribution in [1.29, 1.82) is 0 Å². The number of carbonyl (C=O) groups is 2. The number of halogens is 1. The van der Waals surface area contributed by atoms with Gasteiger partial charge in [0.15, 0.2) is 0 Å². The molecular weight excluding hydrogens is 242 g/mol. The van der Waals surface area contributed by atoms with E-state index in [2.05, 4.69) is 5.32 Å². The van der Waals surface area contributed by atoms with Crippen LogP contribution in [0, 0.1) is 0 Å². The van der Waals surface area contributed by atoms with Gasteiger partial charge in [-0.2, -0.15) is 0 Å². The summed E-state index contributed by atoms with van der Waals surface area (Å²) in [5.74, 6) is -1.51. The molecule has 0 bridgehead atoms. The first-order chi connectivity index (χ1) is 8.09. The maximum atomic E-state index is 11.2. The van der Waals surface area contributed by atoms with E-state index in [-0.39, 0.29) is 18.7 Å². The van der Waals surface area contributed by atoms with Crippen LogP contribution in [0.15, 0.2) is 24.3 Å². The van der Waals surface area contributed by atoms with Crippen LogP contribution in [-0.2, 0) is 16.0 Å². The minimum atomic E-state index is -1.22. The Morgan fingerprint density at radius 2 is 1.94 bits per heavy atom. The summed E-state index contributed by atoms with van der Waals surface area (Å²) in [6, 6.07) is 7.38. The molecule has 0 heterocycles. The largest absolute Gasteiger partial charge is 0.550 e. The summed E-state index contributed by atoms with van der Waals surface area (Å²) >= 11 is 5.94. The van der Waals surface area contributed by atoms with Crippen LogP contribution in [0.25, 0.3) is 0 Å². The second kappa shape index (κ2) is 6.91. The normalized spacial score (nSPS) is 9.94. The molecule has 1 N–H and O–H groups in total. The summed E-state index contributed by atoms with van der Waals surface area (Å²) in [5, 5.41) is 13.4. The molecule has 92 valence electrons. The zero-order chi connectivity index (χ0) is 12.7. The molecule has 0 saturated carbocycles. The number of rotatable bonds is 6. The number of carbonyl (C=O) groups excluding carboxylic acids is 2. The maximum Gasteiger partial charge on any atom is 0.220 e. The van der Waals surface area contributed by atoms with Gasteiger partial charge in [0.25, 0.3) is 0 Å². The lowest BCUT2D eigenvalue weighted by Crippen LogP contribution is -2.29. The Labute approximate surface area is 105 Å². The fourth-order valence-corrected chi connectivity index (χ4v) is 1.57. The van der Waals surface area contributed by atoms with Gasteiger partial charge in [-0.3, -0.25) is 4.79 Å². The predicted molar refractivity (Wildman–Crippen MR) is 62.4 cm³/mol. The van der Waals surface area contributed by atoms with Crippen molar-refractivity contribution in [3.8, 4) is 0 Å². The SMILES string of the molecule is O=C([O-])CCC(=O)NCCc1ccccc1Cl. The molecular formula is C12H13ClNO3-. The van der Waals surface area contributed by atoms with Gasteiger partial charge in [-0.25, -0.2) is 0 Å². The molecule has 1 rings (SSSR count). The van der Waals surface area contributed by atoms with Crippen molar-refractivity contribution >= 4 is 23.5 Å². The van der Waals surface area contributed by atoms with E-state index in [9.17, 15) is 14.7 Å². The van der Waals surface area contributed by atoms with Crippen LogP contribution in [0.2, 0.25) is 5.02 Å². The van der Waals surface area contributed by atoms with Gasteiger partial charge in [0, 0.05) is 24.0 Å². The van der Waals surface area contributed by atoms with Gasteiger partial charge in [-0.15, -0.1) is 0 Å². The van der Waals surface area contributed by atoms with E-state index in [1.165, 1.54) is 0 Å². The minimum Gasteiger partial charge on any atom is -0.550 e. The average molecular weight is 255 g/mol. The molecule has 0 aromatic heterocycles. The molecule has 4 nitrogen and oxygen atoms in total. The second-order valence-electron chi connectivity index (χ2n) is 3.56. The molecule has 0 aliphatic carbocycles. The molecule has 0 atom stereocenters. The summed E-state index contributed by atoms with van der Waals surface area (Å²) < 4.78 is 0. The van der Waals surface area contributed by atoms with Crippen molar-refractivity contribution in [3.05, 3.63) is 34.9 Å². The van der Waals surface area contributed by atoms with E-state index in [4.69, 9.17) is 11.6 Å². The van der Waals surface area contributed by atoms with Crippen molar-refractivity contribution in [2.45, 2.75) is 19.3 Å². The van der Waals surface area contributed by atoms with Crippen LogP contribution in [0.1, 0.15) is 18.4 Å². The Hall–Kier alpha value is -1.55. The van der Waals surface area contributed by atoms with Crippen LogP contribution in [0.5, 0.6) is 0 Å². The topological polar surface area (TPSA) is 69.2 Å². The molecule has 0 saturated heterocycles. The lowest BCUT2D eigenvalue weighted by Gasteiger charge is -2.06. The van der Waals surface area contributed by atoms with Crippen LogP contribution >= 0.6 is 11.6 Å². The van der Waals surface area contributed by atoms with Crippen molar-refractivity contribution in [2.75, 3.05) is 6.54 Å². The summed E-state index contributed by atoms with van der Waals surface area (Å²) in [7, 11) is 0. The zero-order valence-corrected chi connectivity index (χ0v) is 10.00. The molecule has 5 heteroatoms. The second-order valence-corrected chi connectivity index (χ2v) is 3.97. The first kappa shape index (κ1) is 13.5. The van der Waals surface area contributed by atoms with Gasteiger partial charge in [-0.1, -0.05) is 29.8 Å². The highest BCUT2D eigenvalue weighted by Gasteiger charge is 2.02. The van der Waals surface area contributed by atoms with Gasteiger partial charge in [0.05, 0.1) is 0 Å². The fraction of sp³-hybridized carbons (Fsp3) is 0.333. The van der Waals surface area contributed by atoms with Crippen LogP contribution < -0.4 is 10.4 Å². The predicted octanol–water partition coefficient (Wildman–Crippen LogP) is 0.529. The smallest absolute Gasteiger partial charge is 0.220 e. The third kappa shape index (κ3) is 5.36. The highest BCUT2D eigenvalue weighted by molar-refractivity contribution is 6.31. The Balaban J connectivity index is 2.26. The zero-order valence-electron chi connectivity index (χ0n) is 9.24. The lowest BCUT2D eigenvalue weighted by atomic mass is 10.1. The third-order valence-corrected chi connectivity index (χ3v) is 2.60. The van der Waals surface area contributed by atoms with Crippen molar-refractivity contribution in [2.24, 2.45) is 0 Å². The van der Waals surface area contributed by atoms with Crippen LogP contribution in [0.4, 0.5) is 0 Å². The molecule has 17 heavy (non-hydrogen) atoms. The number of benzene rings is 1. The third-order valence-electron chi connectivity index (χ3n) is 2.23. The quantitative estimate of drug-likeness (QED) is 0.805. The average Bonchev–Trinajstić information content (AvgIpc) is 2.29. The monoisotopic (exact) mass is 254 g/mol. The van der Waals surface area contributed by atoms with Crippen molar-refractivity contribution < 1.29 is 14.7 Å². The summed E-state index contributed by atoms with van der Waals surface area (Å²) in [4.78, 5) is 21.3. The van der Waals surface area contributed by atoms with Gasteiger partial charge >= 0.3 is 0 Å². The molecule has 0 aliphatic heterocycles. The highest BCUT2D eigenvalue weighted by atomic mass is 35.5. The number of amides is 1. The van der Waals surface area contributed by atoms with Gasteiger partial charge in [0.2, 0.25) is 5.91 Å². The molecule has 0 spiro atoms. The Kier molecular flexibility index (Phi) is 5.49. The summed E-state index contributed by atoms with van der Waals surface area (Å²) in [6.45, 7) is 0.440. The number of aliphatic carboxylic acids is 1. The minimum absolute atomic E-state index is 0.0507. The summed E-state index contributed by atoms with van der Waals surface area (Å²) in [6.07, 6.45) is 0.319. The first-order valence-electron chi connectivity index (χ1n) is 5.29. The number of nitrogens with one attached hydrogen (secondary N) is 1. The van der Waals surface area contributed by atoms with Crippen LogP contribution in [-0.4, -0.2) is 18.4 Å². The van der Waals surface area contributed by atoms with Gasteiger partial charge < -0.3 is 15.2 Å². The van der Waals surface area contributed by atoms with E-state index in [0.717, 1.165) is 5.56 Å². The molecule has 0 unspecified atom stereocenters. The first-order valence-corrected chi connectivity index (χ1v) is 5.67. The Bertz CT molecular complexity index is 406. The molecule has 1 aromatic carbocycles. The fourth-order valence-electron chi connectivity index (χ4n) is 1.34. The van der Waals surface area contributed by atoms with E-state index < -0.39 is 5.97 Å². The highest BCUT2D eigenvalue weighted by Crippen LogP contribution is 2.14. The standard InChI is InChI=1S/C12H14ClNO3/c13-10-4-2-1-3-9(10)7-8-14-11(15)5-6-12(16)17/h1-4H,5-8H2,(H,14,15)(H,16,17)/p-1. The number of hydrogen-bond acceptors (Lipinski definition) is 3. The van der Waals surface area contributed by atoms with Gasteiger partial charge in [-0.05, 0) is 24.5 Å². The van der Waals surface area contributed by atoms with Crippen LogP contribution in [0.3, 0.4) is 0 Å². The maximum absolute atomic E-state index is 11.2. The van der Waals surface area contributed by atoms with E-state index in [1.54, 1.807) is 6.07 Å². The molecule has 1 amide bonds. The lowest BCUT2D eigenvalue weighted by molar-refractivity contribution is -0.305. The molecule has 0 aliphatic rings. The van der Waals surface area contributed by atoms with E-state index in [1.807, 2.05) is 18.2 Å². The number of carboxylic acid groups (broad SMARTS) is 1. The summed E-state index contributed by atoms with van der Waals surface area (Å²) in [5.41, 5.74) is 0.953. The molecule has 0 fully saturated rings. The molecule has 1 aromatic rings. The number of hydrogen-bond donors (Lipinski definition) is 1. The van der Waals surface area contributed by atoms with E-state index in [0.29, 0.717) is 18.0 Å². The number of carboxylic acids is 1. The Morgan fingerprint density at radius 1 is 1.24 bits per heavy atom.